The Hall–Kier alpha value is -0.520. The molecule has 0 N–H and O–H groups in total. The minimum Gasteiger partial charge on any atom is -0.0882 e. The van der Waals surface area contributed by atoms with Gasteiger partial charge in [0.15, 0.2) is 0 Å². The van der Waals surface area contributed by atoms with Gasteiger partial charge in [-0.05, 0) is 38.0 Å². The second kappa shape index (κ2) is 5.18. The van der Waals surface area contributed by atoms with Crippen LogP contribution in [0.15, 0.2) is 23.8 Å². The summed E-state index contributed by atoms with van der Waals surface area (Å²) in [7, 11) is 0. The van der Waals surface area contributed by atoms with Gasteiger partial charge in [-0.1, -0.05) is 37.6 Å². The number of hydrogen-bond acceptors (Lipinski definition) is 0. The van der Waals surface area contributed by atoms with E-state index in [1.165, 1.54) is 32.1 Å². The fraction of sp³-hybridized carbons (Fsp3) is 0.667. The second-order valence-corrected chi connectivity index (χ2v) is 4.05. The molecule has 0 aliphatic heterocycles. The smallest absolute Gasteiger partial charge is 0.0285 e. The van der Waals surface area contributed by atoms with E-state index in [9.17, 15) is 0 Å². The number of allylic oxidation sites excluding steroid dienone is 4. The van der Waals surface area contributed by atoms with E-state index >= 15 is 0 Å². The van der Waals surface area contributed by atoms with Crippen molar-refractivity contribution in [3.63, 3.8) is 0 Å². The zero-order chi connectivity index (χ0) is 8.81. The van der Waals surface area contributed by atoms with Crippen molar-refractivity contribution in [3.05, 3.63) is 23.8 Å². The lowest BCUT2D eigenvalue weighted by molar-refractivity contribution is 0.621. The van der Waals surface area contributed by atoms with Crippen LogP contribution in [0.25, 0.3) is 0 Å². The molecule has 0 aromatic rings. The molecule has 0 nitrogen and oxygen atoms in total. The quantitative estimate of drug-likeness (QED) is 0.539. The molecule has 0 atom stereocenters. The molecule has 0 saturated heterocycles. The predicted molar refractivity (Wildman–Crippen MR) is 55.1 cm³/mol. The summed E-state index contributed by atoms with van der Waals surface area (Å²) >= 11 is 0. The molecular formula is C12H20. The van der Waals surface area contributed by atoms with Gasteiger partial charge < -0.3 is 0 Å². The van der Waals surface area contributed by atoms with E-state index < -0.39 is 0 Å². The van der Waals surface area contributed by atoms with Crippen LogP contribution in [-0.4, -0.2) is 0 Å². The summed E-state index contributed by atoms with van der Waals surface area (Å²) in [5, 5.41) is 0. The monoisotopic (exact) mass is 164 g/mol. The highest BCUT2D eigenvalue weighted by Crippen LogP contribution is 2.19. The fourth-order valence-corrected chi connectivity index (χ4v) is 1.70. The number of hydrogen-bond donors (Lipinski definition) is 0. The van der Waals surface area contributed by atoms with Crippen LogP contribution in [0.1, 0.15) is 46.0 Å². The lowest BCUT2D eigenvalue weighted by Gasteiger charge is -2.10. The Morgan fingerprint density at radius 2 is 1.92 bits per heavy atom. The van der Waals surface area contributed by atoms with E-state index in [1.54, 1.807) is 5.57 Å². The Morgan fingerprint density at radius 1 is 1.17 bits per heavy atom. The molecule has 1 aliphatic rings. The van der Waals surface area contributed by atoms with Gasteiger partial charge in [-0.15, -0.1) is 0 Å². The Kier molecular flexibility index (Phi) is 4.13. The van der Waals surface area contributed by atoms with Gasteiger partial charge in [-0.25, -0.2) is 0 Å². The van der Waals surface area contributed by atoms with Gasteiger partial charge in [0.25, 0.3) is 0 Å². The Balaban J connectivity index is 2.40. The average molecular weight is 164 g/mol. The van der Waals surface area contributed by atoms with Gasteiger partial charge in [-0.2, -0.15) is 0 Å². The molecular weight excluding hydrogens is 144 g/mol. The molecule has 0 radical (unpaired) electrons. The van der Waals surface area contributed by atoms with Crippen molar-refractivity contribution in [2.45, 2.75) is 46.0 Å². The van der Waals surface area contributed by atoms with Crippen LogP contribution in [0.3, 0.4) is 0 Å². The van der Waals surface area contributed by atoms with Crippen molar-refractivity contribution in [1.82, 2.24) is 0 Å². The second-order valence-electron chi connectivity index (χ2n) is 4.05. The van der Waals surface area contributed by atoms with E-state index in [2.05, 4.69) is 32.1 Å². The molecule has 0 fully saturated rings. The lowest BCUT2D eigenvalue weighted by Crippen LogP contribution is -1.93. The summed E-state index contributed by atoms with van der Waals surface area (Å²) in [4.78, 5) is 0. The van der Waals surface area contributed by atoms with Gasteiger partial charge in [0.05, 0.1) is 0 Å². The first-order valence-corrected chi connectivity index (χ1v) is 5.12. The van der Waals surface area contributed by atoms with E-state index in [0.29, 0.717) is 0 Å². The normalized spacial score (nSPS) is 25.8. The summed E-state index contributed by atoms with van der Waals surface area (Å²) in [5.74, 6) is 0.819. The summed E-state index contributed by atoms with van der Waals surface area (Å²) in [6, 6.07) is 0. The first-order valence-electron chi connectivity index (χ1n) is 5.12. The van der Waals surface area contributed by atoms with Crippen LogP contribution in [0, 0.1) is 5.92 Å². The Bertz CT molecular complexity index is 172. The summed E-state index contributed by atoms with van der Waals surface area (Å²) in [5.41, 5.74) is 1.68. The van der Waals surface area contributed by atoms with E-state index in [0.717, 1.165) is 5.92 Å². The van der Waals surface area contributed by atoms with Gasteiger partial charge in [-0.3, -0.25) is 0 Å². The van der Waals surface area contributed by atoms with Crippen LogP contribution in [0.5, 0.6) is 0 Å². The average Bonchev–Trinajstić information content (AvgIpc) is 1.93. The molecule has 0 aromatic heterocycles. The van der Waals surface area contributed by atoms with Crippen LogP contribution in [-0.2, 0) is 0 Å². The first kappa shape index (κ1) is 9.57. The molecule has 1 aliphatic carbocycles. The molecule has 12 heavy (non-hydrogen) atoms. The summed E-state index contributed by atoms with van der Waals surface area (Å²) < 4.78 is 0. The van der Waals surface area contributed by atoms with Crippen molar-refractivity contribution >= 4 is 0 Å². The SMILES string of the molecule is CC(C)C/C1=C\CC/C=C\CC1. The maximum atomic E-state index is 2.45. The topological polar surface area (TPSA) is 0 Å². The molecule has 1 rings (SSSR count). The highest BCUT2D eigenvalue weighted by atomic mass is 14.1. The van der Waals surface area contributed by atoms with Gasteiger partial charge in [0, 0.05) is 0 Å². The largest absolute Gasteiger partial charge is 0.0882 e. The van der Waals surface area contributed by atoms with Gasteiger partial charge >= 0.3 is 0 Å². The van der Waals surface area contributed by atoms with Crippen molar-refractivity contribution in [3.8, 4) is 0 Å². The van der Waals surface area contributed by atoms with Gasteiger partial charge in [0.1, 0.15) is 0 Å². The van der Waals surface area contributed by atoms with Crippen LogP contribution >= 0.6 is 0 Å². The Morgan fingerprint density at radius 3 is 2.67 bits per heavy atom. The molecule has 0 aromatic carbocycles. The van der Waals surface area contributed by atoms with Gasteiger partial charge in [0.2, 0.25) is 0 Å². The van der Waals surface area contributed by atoms with Crippen LogP contribution in [0.2, 0.25) is 0 Å². The maximum Gasteiger partial charge on any atom is -0.0285 e. The lowest BCUT2D eigenvalue weighted by atomic mass is 9.96. The third-order valence-electron chi connectivity index (χ3n) is 2.24. The molecule has 0 heterocycles. The number of rotatable bonds is 2. The third-order valence-corrected chi connectivity index (χ3v) is 2.24. The molecule has 0 amide bonds. The summed E-state index contributed by atoms with van der Waals surface area (Å²) in [6.45, 7) is 4.60. The molecule has 0 bridgehead atoms. The summed E-state index contributed by atoms with van der Waals surface area (Å²) in [6.07, 6.45) is 13.4. The first-order chi connectivity index (χ1) is 5.79. The maximum absolute atomic E-state index is 2.45. The van der Waals surface area contributed by atoms with Crippen LogP contribution in [0.4, 0.5) is 0 Å². The predicted octanol–water partition coefficient (Wildman–Crippen LogP) is 4.09. The van der Waals surface area contributed by atoms with Crippen molar-refractivity contribution in [2.24, 2.45) is 5.92 Å². The van der Waals surface area contributed by atoms with Crippen molar-refractivity contribution in [2.75, 3.05) is 0 Å². The zero-order valence-electron chi connectivity index (χ0n) is 8.34. The molecule has 0 unspecified atom stereocenters. The van der Waals surface area contributed by atoms with Crippen molar-refractivity contribution < 1.29 is 0 Å². The molecule has 0 heteroatoms. The molecule has 68 valence electrons. The van der Waals surface area contributed by atoms with E-state index in [4.69, 9.17) is 0 Å². The zero-order valence-corrected chi connectivity index (χ0v) is 8.34. The third kappa shape index (κ3) is 3.75. The standard InChI is InChI=1S/C12H20/c1-11(2)10-12-8-6-4-3-5-7-9-12/h3-4,9,11H,5-8,10H2,1-2H3/b4-3-,12-9-. The molecule has 0 spiro atoms. The van der Waals surface area contributed by atoms with E-state index in [-0.39, 0.29) is 0 Å². The molecule has 0 saturated carbocycles. The highest BCUT2D eigenvalue weighted by molar-refractivity contribution is 5.06. The van der Waals surface area contributed by atoms with Crippen molar-refractivity contribution in [1.29, 1.82) is 0 Å². The van der Waals surface area contributed by atoms with E-state index in [1.807, 2.05) is 0 Å². The minimum absolute atomic E-state index is 0.819. The van der Waals surface area contributed by atoms with Crippen LogP contribution < -0.4 is 0 Å². The highest BCUT2D eigenvalue weighted by Gasteiger charge is 2.01. The fourth-order valence-electron chi connectivity index (χ4n) is 1.70. The Labute approximate surface area is 76.4 Å². The minimum atomic E-state index is 0.819.